The molecule has 0 unspecified atom stereocenters. The fourth-order valence-electron chi connectivity index (χ4n) is 3.80. The van der Waals surface area contributed by atoms with Crippen LogP contribution >= 0.6 is 0 Å². The van der Waals surface area contributed by atoms with E-state index in [4.69, 9.17) is 0 Å². The van der Waals surface area contributed by atoms with Crippen molar-refractivity contribution in [2.75, 3.05) is 13.1 Å². The molecule has 1 aromatic carbocycles. The van der Waals surface area contributed by atoms with Gasteiger partial charge in [-0.05, 0) is 38.3 Å². The van der Waals surface area contributed by atoms with Gasteiger partial charge in [0, 0.05) is 24.6 Å². The van der Waals surface area contributed by atoms with Gasteiger partial charge in [0.1, 0.15) is 6.04 Å². The number of hydrogen-bond donors (Lipinski definition) is 0. The Morgan fingerprint density at radius 2 is 1.96 bits per heavy atom. The first-order chi connectivity index (χ1) is 12.2. The minimum absolute atomic E-state index is 0.0458. The number of benzene rings is 1. The summed E-state index contributed by atoms with van der Waals surface area (Å²) in [5, 5.41) is 0. The minimum atomic E-state index is -0.380. The molecule has 0 radical (unpaired) electrons. The summed E-state index contributed by atoms with van der Waals surface area (Å²) in [4.78, 5) is 28.7. The van der Waals surface area contributed by atoms with Crippen LogP contribution < -0.4 is 0 Å². The lowest BCUT2D eigenvalue weighted by atomic mass is 10.1. The predicted molar refractivity (Wildman–Crippen MR) is 97.7 cm³/mol. The zero-order valence-electron chi connectivity index (χ0n) is 14.9. The smallest absolute Gasteiger partial charge is 0.246 e. The summed E-state index contributed by atoms with van der Waals surface area (Å²) in [7, 11) is 0. The average molecular weight is 338 g/mol. The van der Waals surface area contributed by atoms with E-state index in [0.717, 1.165) is 37.7 Å². The summed E-state index contributed by atoms with van der Waals surface area (Å²) in [6.45, 7) is 2.99. The van der Waals surface area contributed by atoms with E-state index in [-0.39, 0.29) is 23.9 Å². The summed E-state index contributed by atoms with van der Waals surface area (Å²) in [5.74, 6) is 6.46. The molecule has 3 rings (SSSR count). The van der Waals surface area contributed by atoms with Crippen LogP contribution in [0.5, 0.6) is 0 Å². The molecule has 0 aromatic heterocycles. The Hall–Kier alpha value is -2.28. The molecule has 0 spiro atoms. The van der Waals surface area contributed by atoms with E-state index in [1.54, 1.807) is 4.90 Å². The van der Waals surface area contributed by atoms with Gasteiger partial charge in [0.05, 0.1) is 6.54 Å². The first-order valence-electron chi connectivity index (χ1n) is 9.30. The maximum Gasteiger partial charge on any atom is 0.246 e. The van der Waals surface area contributed by atoms with Crippen molar-refractivity contribution in [3.8, 4) is 11.8 Å². The molecular formula is C21H26N2O2. The maximum atomic E-state index is 13.1. The molecule has 1 saturated carbocycles. The van der Waals surface area contributed by atoms with E-state index in [2.05, 4.69) is 11.8 Å². The molecule has 1 atom stereocenters. The Balaban J connectivity index is 1.71. The first kappa shape index (κ1) is 17.5. The van der Waals surface area contributed by atoms with Crippen LogP contribution in [0, 0.1) is 11.8 Å². The molecule has 0 bridgehead atoms. The van der Waals surface area contributed by atoms with Crippen LogP contribution in [0.1, 0.15) is 51.0 Å². The normalized spacial score (nSPS) is 18.8. The highest BCUT2D eigenvalue weighted by molar-refractivity contribution is 5.88. The highest BCUT2D eigenvalue weighted by Gasteiger charge is 2.35. The molecule has 1 aliphatic carbocycles. The van der Waals surface area contributed by atoms with Crippen molar-refractivity contribution in [1.29, 1.82) is 0 Å². The van der Waals surface area contributed by atoms with Crippen molar-refractivity contribution in [3.05, 3.63) is 35.9 Å². The lowest BCUT2D eigenvalue weighted by Gasteiger charge is -2.33. The number of rotatable bonds is 4. The Bertz CT molecular complexity index is 668. The zero-order chi connectivity index (χ0) is 17.6. The topological polar surface area (TPSA) is 40.6 Å². The highest BCUT2D eigenvalue weighted by Crippen LogP contribution is 2.25. The zero-order valence-corrected chi connectivity index (χ0v) is 14.9. The SMILES string of the molecule is C[C@H](C(=O)N(CC#Cc1ccccc1)C1CCCC1)N1CCCC1=O. The molecule has 0 N–H and O–H groups in total. The summed E-state index contributed by atoms with van der Waals surface area (Å²) < 4.78 is 0. The Morgan fingerprint density at radius 3 is 2.60 bits per heavy atom. The fourth-order valence-corrected chi connectivity index (χ4v) is 3.80. The highest BCUT2D eigenvalue weighted by atomic mass is 16.2. The second-order valence-electron chi connectivity index (χ2n) is 6.94. The van der Waals surface area contributed by atoms with Gasteiger partial charge < -0.3 is 9.80 Å². The molecule has 2 fully saturated rings. The largest absolute Gasteiger partial charge is 0.331 e. The van der Waals surface area contributed by atoms with Gasteiger partial charge in [-0.2, -0.15) is 0 Å². The lowest BCUT2D eigenvalue weighted by Crippen LogP contribution is -2.50. The van der Waals surface area contributed by atoms with Crippen LogP contribution in [0.2, 0.25) is 0 Å². The second kappa shape index (κ2) is 8.20. The summed E-state index contributed by atoms with van der Waals surface area (Å²) >= 11 is 0. The van der Waals surface area contributed by atoms with Crippen LogP contribution in [-0.4, -0.2) is 46.8 Å². The summed E-state index contributed by atoms with van der Waals surface area (Å²) in [6, 6.07) is 9.72. The summed E-state index contributed by atoms with van der Waals surface area (Å²) in [6.07, 6.45) is 5.83. The van der Waals surface area contributed by atoms with Crippen molar-refractivity contribution >= 4 is 11.8 Å². The molecule has 25 heavy (non-hydrogen) atoms. The van der Waals surface area contributed by atoms with E-state index in [0.29, 0.717) is 19.5 Å². The maximum absolute atomic E-state index is 13.1. The van der Waals surface area contributed by atoms with Crippen LogP contribution in [0.25, 0.3) is 0 Å². The molecule has 4 nitrogen and oxygen atoms in total. The molecule has 1 saturated heterocycles. The number of carbonyl (C=O) groups is 2. The molecule has 1 aromatic rings. The van der Waals surface area contributed by atoms with Crippen molar-refractivity contribution in [2.45, 2.75) is 57.5 Å². The molecular weight excluding hydrogens is 312 g/mol. The van der Waals surface area contributed by atoms with Gasteiger partial charge in [-0.3, -0.25) is 9.59 Å². The van der Waals surface area contributed by atoms with Gasteiger partial charge in [0.2, 0.25) is 11.8 Å². The van der Waals surface area contributed by atoms with Gasteiger partial charge in [-0.15, -0.1) is 0 Å². The number of likely N-dealkylation sites (tertiary alicyclic amines) is 1. The molecule has 1 aliphatic heterocycles. The minimum Gasteiger partial charge on any atom is -0.331 e. The van der Waals surface area contributed by atoms with Gasteiger partial charge in [0.25, 0.3) is 0 Å². The molecule has 132 valence electrons. The van der Waals surface area contributed by atoms with Gasteiger partial charge >= 0.3 is 0 Å². The molecule has 4 heteroatoms. The molecule has 1 heterocycles. The van der Waals surface area contributed by atoms with Crippen molar-refractivity contribution in [3.63, 3.8) is 0 Å². The monoisotopic (exact) mass is 338 g/mol. The number of amides is 2. The van der Waals surface area contributed by atoms with E-state index < -0.39 is 0 Å². The standard InChI is InChI=1S/C21H26N2O2/c1-17(22-15-8-14-20(22)24)21(25)23(19-12-5-6-13-19)16-7-11-18-9-3-2-4-10-18/h2-4,9-10,17,19H,5-6,8,12-16H2,1H3/t17-/m1/s1. The van der Waals surface area contributed by atoms with E-state index in [1.807, 2.05) is 42.2 Å². The number of nitrogens with zero attached hydrogens (tertiary/aromatic N) is 2. The third kappa shape index (κ3) is 4.22. The number of hydrogen-bond acceptors (Lipinski definition) is 2. The predicted octanol–water partition coefficient (Wildman–Crippen LogP) is 2.82. The molecule has 2 aliphatic rings. The Morgan fingerprint density at radius 1 is 1.24 bits per heavy atom. The van der Waals surface area contributed by atoms with E-state index in [1.165, 1.54) is 0 Å². The van der Waals surface area contributed by atoms with E-state index >= 15 is 0 Å². The third-order valence-electron chi connectivity index (χ3n) is 5.24. The van der Waals surface area contributed by atoms with Gasteiger partial charge in [0.15, 0.2) is 0 Å². The summed E-state index contributed by atoms with van der Waals surface area (Å²) in [5.41, 5.74) is 0.962. The average Bonchev–Trinajstić information content (AvgIpc) is 3.30. The lowest BCUT2D eigenvalue weighted by molar-refractivity contribution is -0.143. The number of carbonyl (C=O) groups excluding carboxylic acids is 2. The van der Waals surface area contributed by atoms with Crippen molar-refractivity contribution in [1.82, 2.24) is 9.80 Å². The van der Waals surface area contributed by atoms with Gasteiger partial charge in [-0.1, -0.05) is 42.9 Å². The third-order valence-corrected chi connectivity index (χ3v) is 5.24. The van der Waals surface area contributed by atoms with Crippen LogP contribution in [0.4, 0.5) is 0 Å². The van der Waals surface area contributed by atoms with Crippen LogP contribution in [-0.2, 0) is 9.59 Å². The fraction of sp³-hybridized carbons (Fsp3) is 0.524. The molecule has 2 amide bonds. The van der Waals surface area contributed by atoms with Crippen LogP contribution in [0.15, 0.2) is 30.3 Å². The Labute approximate surface area is 150 Å². The quantitative estimate of drug-likeness (QED) is 0.792. The first-order valence-corrected chi connectivity index (χ1v) is 9.30. The van der Waals surface area contributed by atoms with Crippen molar-refractivity contribution < 1.29 is 9.59 Å². The van der Waals surface area contributed by atoms with E-state index in [9.17, 15) is 9.59 Å². The van der Waals surface area contributed by atoms with Gasteiger partial charge in [-0.25, -0.2) is 0 Å². The van der Waals surface area contributed by atoms with Crippen molar-refractivity contribution in [2.24, 2.45) is 0 Å². The Kier molecular flexibility index (Phi) is 5.75. The van der Waals surface area contributed by atoms with Crippen LogP contribution in [0.3, 0.4) is 0 Å². The second-order valence-corrected chi connectivity index (χ2v) is 6.94.